The number of carboxylic acids is 1. The molecule has 0 amide bonds. The molecule has 88 valence electrons. The highest BCUT2D eigenvalue weighted by Gasteiger charge is 2.37. The van der Waals surface area contributed by atoms with Crippen LogP contribution >= 0.6 is 0 Å². The summed E-state index contributed by atoms with van der Waals surface area (Å²) >= 11 is 0. The number of aliphatic carboxylic acids is 1. The molecular formula is C11H21NO3. The minimum Gasteiger partial charge on any atom is -0.479 e. The van der Waals surface area contributed by atoms with E-state index in [1.54, 1.807) is 0 Å². The normalized spacial score (nSPS) is 29.1. The largest absolute Gasteiger partial charge is 0.479 e. The van der Waals surface area contributed by atoms with Crippen LogP contribution in [0, 0.1) is 5.92 Å². The SMILES string of the molecule is CC(C)CN1CCCC(O)(C(=O)O)CC1. The molecule has 0 bridgehead atoms. The molecule has 2 N–H and O–H groups in total. The van der Waals surface area contributed by atoms with E-state index in [4.69, 9.17) is 5.11 Å². The van der Waals surface area contributed by atoms with Crippen molar-refractivity contribution in [2.45, 2.75) is 38.7 Å². The molecule has 1 aliphatic rings. The van der Waals surface area contributed by atoms with Gasteiger partial charge in [-0.15, -0.1) is 0 Å². The van der Waals surface area contributed by atoms with E-state index in [2.05, 4.69) is 18.7 Å². The van der Waals surface area contributed by atoms with Gasteiger partial charge in [0.25, 0.3) is 0 Å². The van der Waals surface area contributed by atoms with Crippen LogP contribution in [0.15, 0.2) is 0 Å². The van der Waals surface area contributed by atoms with Gasteiger partial charge >= 0.3 is 5.97 Å². The minimum atomic E-state index is -1.49. The third-order valence-corrected chi connectivity index (χ3v) is 2.93. The van der Waals surface area contributed by atoms with Crippen LogP contribution in [0.4, 0.5) is 0 Å². The highest BCUT2D eigenvalue weighted by Crippen LogP contribution is 2.22. The van der Waals surface area contributed by atoms with Crippen LogP contribution in [-0.4, -0.2) is 46.3 Å². The monoisotopic (exact) mass is 215 g/mol. The first-order valence-electron chi connectivity index (χ1n) is 5.62. The molecule has 1 unspecified atom stereocenters. The van der Waals surface area contributed by atoms with Crippen LogP contribution in [0.2, 0.25) is 0 Å². The molecule has 1 rings (SSSR count). The van der Waals surface area contributed by atoms with Gasteiger partial charge < -0.3 is 15.1 Å². The van der Waals surface area contributed by atoms with E-state index in [1.165, 1.54) is 0 Å². The lowest BCUT2D eigenvalue weighted by Crippen LogP contribution is -2.39. The lowest BCUT2D eigenvalue weighted by molar-refractivity contribution is -0.159. The first-order valence-corrected chi connectivity index (χ1v) is 5.62. The second-order valence-electron chi connectivity index (χ2n) is 4.88. The Hall–Kier alpha value is -0.610. The van der Waals surface area contributed by atoms with E-state index in [1.807, 2.05) is 0 Å². The Balaban J connectivity index is 2.52. The Morgan fingerprint density at radius 3 is 2.60 bits per heavy atom. The minimum absolute atomic E-state index is 0.342. The number of nitrogens with zero attached hydrogens (tertiary/aromatic N) is 1. The summed E-state index contributed by atoms with van der Waals surface area (Å²) in [6, 6.07) is 0. The van der Waals surface area contributed by atoms with Gasteiger partial charge in [-0.3, -0.25) is 0 Å². The molecule has 0 aromatic heterocycles. The van der Waals surface area contributed by atoms with Gasteiger partial charge in [-0.2, -0.15) is 0 Å². The van der Waals surface area contributed by atoms with Crippen molar-refractivity contribution in [1.82, 2.24) is 4.90 Å². The van der Waals surface area contributed by atoms with Crippen LogP contribution in [0.5, 0.6) is 0 Å². The van der Waals surface area contributed by atoms with Gasteiger partial charge in [0.2, 0.25) is 0 Å². The first-order chi connectivity index (χ1) is 6.94. The van der Waals surface area contributed by atoms with Crippen molar-refractivity contribution in [2.75, 3.05) is 19.6 Å². The third kappa shape index (κ3) is 3.47. The zero-order chi connectivity index (χ0) is 11.5. The van der Waals surface area contributed by atoms with Crippen LogP contribution < -0.4 is 0 Å². The number of rotatable bonds is 3. The fraction of sp³-hybridized carbons (Fsp3) is 0.909. The summed E-state index contributed by atoms with van der Waals surface area (Å²) in [6.45, 7) is 6.85. The van der Waals surface area contributed by atoms with Crippen molar-refractivity contribution in [3.63, 3.8) is 0 Å². The number of hydrogen-bond acceptors (Lipinski definition) is 3. The quantitative estimate of drug-likeness (QED) is 0.735. The second kappa shape index (κ2) is 4.94. The molecule has 15 heavy (non-hydrogen) atoms. The van der Waals surface area contributed by atoms with Gasteiger partial charge in [-0.25, -0.2) is 4.79 Å². The molecule has 0 aromatic rings. The van der Waals surface area contributed by atoms with Gasteiger partial charge in [0, 0.05) is 13.1 Å². The smallest absolute Gasteiger partial charge is 0.335 e. The molecule has 1 atom stereocenters. The zero-order valence-electron chi connectivity index (χ0n) is 9.57. The molecule has 4 nitrogen and oxygen atoms in total. The van der Waals surface area contributed by atoms with Gasteiger partial charge in [0.05, 0.1) is 0 Å². The number of hydrogen-bond donors (Lipinski definition) is 2. The number of aliphatic hydroxyl groups is 1. The molecule has 1 aliphatic heterocycles. The molecule has 1 saturated heterocycles. The summed E-state index contributed by atoms with van der Waals surface area (Å²) in [7, 11) is 0. The molecule has 0 aromatic carbocycles. The topological polar surface area (TPSA) is 60.8 Å². The Bertz CT molecular complexity index is 230. The molecule has 0 aliphatic carbocycles. The summed E-state index contributed by atoms with van der Waals surface area (Å²) in [5, 5.41) is 18.8. The van der Waals surface area contributed by atoms with Crippen LogP contribution in [0.25, 0.3) is 0 Å². The van der Waals surface area contributed by atoms with E-state index >= 15 is 0 Å². The Labute approximate surface area is 90.9 Å². The Morgan fingerprint density at radius 1 is 1.40 bits per heavy atom. The summed E-state index contributed by atoms with van der Waals surface area (Å²) in [6.07, 6.45) is 1.47. The lowest BCUT2D eigenvalue weighted by atomic mass is 9.95. The van der Waals surface area contributed by atoms with E-state index in [-0.39, 0.29) is 0 Å². The van der Waals surface area contributed by atoms with Crippen molar-refractivity contribution >= 4 is 5.97 Å². The predicted molar refractivity (Wildman–Crippen MR) is 57.7 cm³/mol. The standard InChI is InChI=1S/C11H21NO3/c1-9(2)8-12-6-3-4-11(15,5-7-12)10(13)14/h9,15H,3-8H2,1-2H3,(H,13,14). The molecule has 0 radical (unpaired) electrons. The van der Waals surface area contributed by atoms with Crippen molar-refractivity contribution in [3.8, 4) is 0 Å². The van der Waals surface area contributed by atoms with Gasteiger partial charge in [-0.1, -0.05) is 13.8 Å². The summed E-state index contributed by atoms with van der Waals surface area (Å²) < 4.78 is 0. The summed E-state index contributed by atoms with van der Waals surface area (Å²) in [5.41, 5.74) is -1.49. The lowest BCUT2D eigenvalue weighted by Gasteiger charge is -2.23. The van der Waals surface area contributed by atoms with Crippen molar-refractivity contribution in [1.29, 1.82) is 0 Å². The fourth-order valence-electron chi connectivity index (χ4n) is 2.09. The van der Waals surface area contributed by atoms with Crippen molar-refractivity contribution < 1.29 is 15.0 Å². The average Bonchev–Trinajstić information content (AvgIpc) is 2.29. The first kappa shape index (κ1) is 12.5. The van der Waals surface area contributed by atoms with E-state index in [0.717, 1.165) is 19.5 Å². The molecule has 4 heteroatoms. The maximum Gasteiger partial charge on any atom is 0.335 e. The summed E-state index contributed by atoms with van der Waals surface area (Å²) in [5.74, 6) is -0.491. The zero-order valence-corrected chi connectivity index (χ0v) is 9.57. The average molecular weight is 215 g/mol. The van der Waals surface area contributed by atoms with Gasteiger partial charge in [0.15, 0.2) is 5.60 Å². The number of carbonyl (C=O) groups is 1. The van der Waals surface area contributed by atoms with E-state index in [9.17, 15) is 9.90 Å². The van der Waals surface area contributed by atoms with E-state index in [0.29, 0.717) is 25.3 Å². The Morgan fingerprint density at radius 2 is 2.07 bits per heavy atom. The molecule has 0 saturated carbocycles. The highest BCUT2D eigenvalue weighted by molar-refractivity contribution is 5.77. The molecular weight excluding hydrogens is 194 g/mol. The van der Waals surface area contributed by atoms with Crippen LogP contribution in [0.1, 0.15) is 33.1 Å². The van der Waals surface area contributed by atoms with Crippen LogP contribution in [0.3, 0.4) is 0 Å². The van der Waals surface area contributed by atoms with Crippen molar-refractivity contribution in [2.24, 2.45) is 5.92 Å². The molecule has 1 fully saturated rings. The van der Waals surface area contributed by atoms with Gasteiger partial charge in [-0.05, 0) is 31.7 Å². The Kier molecular flexibility index (Phi) is 4.11. The fourth-order valence-corrected chi connectivity index (χ4v) is 2.09. The van der Waals surface area contributed by atoms with E-state index < -0.39 is 11.6 Å². The number of likely N-dealkylation sites (tertiary alicyclic amines) is 1. The second-order valence-corrected chi connectivity index (χ2v) is 4.88. The molecule has 0 spiro atoms. The van der Waals surface area contributed by atoms with Gasteiger partial charge in [0.1, 0.15) is 0 Å². The maximum absolute atomic E-state index is 10.9. The molecule has 1 heterocycles. The van der Waals surface area contributed by atoms with Crippen molar-refractivity contribution in [3.05, 3.63) is 0 Å². The third-order valence-electron chi connectivity index (χ3n) is 2.93. The number of carboxylic acid groups (broad SMARTS) is 1. The maximum atomic E-state index is 10.9. The van der Waals surface area contributed by atoms with Crippen LogP contribution in [-0.2, 0) is 4.79 Å². The highest BCUT2D eigenvalue weighted by atomic mass is 16.4. The predicted octanol–water partition coefficient (Wildman–Crippen LogP) is 0.944. The summed E-state index contributed by atoms with van der Waals surface area (Å²) in [4.78, 5) is 13.1.